The zero-order valence-corrected chi connectivity index (χ0v) is 25.3. The van der Waals surface area contributed by atoms with Gasteiger partial charge in [-0.25, -0.2) is 4.39 Å². The summed E-state index contributed by atoms with van der Waals surface area (Å²) < 4.78 is 20.8. The third-order valence-corrected chi connectivity index (χ3v) is 8.91. The fraction of sp³-hybridized carbons (Fsp3) is 0.290. The number of aromatic nitrogens is 1. The van der Waals surface area contributed by atoms with Gasteiger partial charge in [0.1, 0.15) is 23.4 Å². The highest BCUT2D eigenvalue weighted by Gasteiger charge is 2.43. The number of rotatable bonds is 5. The topological polar surface area (TPSA) is 44.5 Å². The average molecular weight is 640 g/mol. The fourth-order valence-electron chi connectivity index (χ4n) is 6.03. The number of hydrogen-bond acceptors (Lipinski definition) is 4. The molecule has 4 heterocycles. The Hall–Kier alpha value is -2.94. The lowest BCUT2D eigenvalue weighted by Crippen LogP contribution is -2.38. The lowest BCUT2D eigenvalue weighted by Gasteiger charge is -2.37. The smallest absolute Gasteiger partial charge is 0.174 e. The maximum atomic E-state index is 13.7. The van der Waals surface area contributed by atoms with Crippen LogP contribution in [0.5, 0.6) is 0 Å². The predicted molar refractivity (Wildman–Crippen MR) is 166 cm³/mol. The summed E-state index contributed by atoms with van der Waals surface area (Å²) in [5.41, 5.74) is 3.52. The summed E-state index contributed by atoms with van der Waals surface area (Å²) in [6, 6.07) is 19.8. The van der Waals surface area contributed by atoms with E-state index in [0.717, 1.165) is 35.7 Å². The zero-order chi connectivity index (χ0) is 28.0. The van der Waals surface area contributed by atoms with E-state index in [1.54, 1.807) is 12.3 Å². The number of anilines is 2. The maximum absolute atomic E-state index is 13.7. The van der Waals surface area contributed by atoms with Crippen LogP contribution in [0.3, 0.4) is 0 Å². The van der Waals surface area contributed by atoms with E-state index in [-0.39, 0.29) is 17.9 Å². The van der Waals surface area contributed by atoms with Crippen molar-refractivity contribution in [2.45, 2.75) is 32.4 Å². The molecule has 2 aromatic heterocycles. The zero-order valence-electron chi connectivity index (χ0n) is 22.2. The Bertz CT molecular complexity index is 1540. The van der Waals surface area contributed by atoms with Gasteiger partial charge in [0.05, 0.1) is 22.4 Å². The Morgan fingerprint density at radius 3 is 2.55 bits per heavy atom. The predicted octanol–water partition coefficient (Wildman–Crippen LogP) is 8.56. The first-order valence-electron chi connectivity index (χ1n) is 13.4. The highest BCUT2D eigenvalue weighted by molar-refractivity contribution is 9.10. The van der Waals surface area contributed by atoms with Gasteiger partial charge in [0.25, 0.3) is 0 Å². The van der Waals surface area contributed by atoms with E-state index in [1.807, 2.05) is 41.3 Å². The summed E-state index contributed by atoms with van der Waals surface area (Å²) >= 11 is 16.3. The van der Waals surface area contributed by atoms with Crippen LogP contribution in [0.4, 0.5) is 15.8 Å². The molecule has 0 amide bonds. The van der Waals surface area contributed by atoms with Crippen LogP contribution in [0.2, 0.25) is 5.02 Å². The fourth-order valence-corrected chi connectivity index (χ4v) is 7.22. The molecule has 0 aliphatic carbocycles. The first-order valence-corrected chi connectivity index (χ1v) is 15.0. The molecule has 0 bridgehead atoms. The van der Waals surface area contributed by atoms with Crippen molar-refractivity contribution in [1.82, 2.24) is 10.3 Å². The third-order valence-electron chi connectivity index (χ3n) is 7.63. The van der Waals surface area contributed by atoms with Crippen LogP contribution in [0.1, 0.15) is 43.8 Å². The number of furan rings is 1. The largest absolute Gasteiger partial charge is 0.459 e. The molecular formula is C31H29BrClFN4OS. The van der Waals surface area contributed by atoms with Gasteiger partial charge in [-0.1, -0.05) is 31.5 Å². The van der Waals surface area contributed by atoms with Crippen LogP contribution in [-0.4, -0.2) is 23.2 Å². The summed E-state index contributed by atoms with van der Waals surface area (Å²) in [7, 11) is 0. The molecule has 2 aromatic carbocycles. The molecule has 0 radical (unpaired) electrons. The molecule has 5 nitrogen and oxygen atoms in total. The van der Waals surface area contributed by atoms with E-state index in [9.17, 15) is 4.39 Å². The van der Waals surface area contributed by atoms with Gasteiger partial charge >= 0.3 is 0 Å². The minimum Gasteiger partial charge on any atom is -0.459 e. The number of nitrogens with zero attached hydrogens (tertiary/aromatic N) is 3. The molecule has 0 saturated carbocycles. The molecule has 2 aliphatic heterocycles. The van der Waals surface area contributed by atoms with Crippen LogP contribution in [0.15, 0.2) is 81.8 Å². The summed E-state index contributed by atoms with van der Waals surface area (Å²) in [6.45, 7) is 6.57. The van der Waals surface area contributed by atoms with E-state index in [2.05, 4.69) is 57.1 Å². The molecule has 206 valence electrons. The van der Waals surface area contributed by atoms with Gasteiger partial charge in [0.2, 0.25) is 0 Å². The van der Waals surface area contributed by atoms with Crippen LogP contribution in [0.25, 0.3) is 11.3 Å². The van der Waals surface area contributed by atoms with Gasteiger partial charge in [-0.2, -0.15) is 0 Å². The lowest BCUT2D eigenvalue weighted by atomic mass is 9.91. The average Bonchev–Trinajstić information content (AvgIpc) is 3.53. The molecule has 0 unspecified atom stereocenters. The Labute approximate surface area is 252 Å². The normalized spacial score (nSPS) is 23.0. The Morgan fingerprint density at radius 2 is 1.85 bits per heavy atom. The summed E-state index contributed by atoms with van der Waals surface area (Å²) in [6.07, 6.45) is 3.01. The summed E-state index contributed by atoms with van der Waals surface area (Å²) in [5, 5.41) is 4.72. The van der Waals surface area contributed by atoms with Crippen molar-refractivity contribution in [3.63, 3.8) is 0 Å². The van der Waals surface area contributed by atoms with Gasteiger partial charge in [0.15, 0.2) is 5.11 Å². The number of pyridine rings is 1. The minimum atomic E-state index is -0.327. The first kappa shape index (κ1) is 27.2. The lowest BCUT2D eigenvalue weighted by molar-refractivity contribution is 0.357. The summed E-state index contributed by atoms with van der Waals surface area (Å²) in [5.74, 6) is 2.25. The summed E-state index contributed by atoms with van der Waals surface area (Å²) in [4.78, 5) is 9.06. The van der Waals surface area contributed by atoms with Crippen LogP contribution < -0.4 is 15.1 Å². The standard InChI is InChI=1S/C31H29BrClFN4OS/c1-18-13-19(2)17-37(16-18)26-9-7-21(15-24(26)33)38-30(29(36-31(38)40)25-5-3-4-12-35-25)28-11-10-27(39-28)22-8-6-20(34)14-23(22)32/h3-12,14-15,18-19,29-30H,13,16-17H2,1-2H3,(H,36,40)/t18-,19+,29-,30-/m1/s1. The molecular weight excluding hydrogens is 611 g/mol. The van der Waals surface area contributed by atoms with Gasteiger partial charge in [-0.05, 0) is 107 Å². The van der Waals surface area contributed by atoms with Crippen molar-refractivity contribution < 1.29 is 8.81 Å². The molecule has 9 heteroatoms. The molecule has 6 rings (SSSR count). The number of hydrogen-bond donors (Lipinski definition) is 1. The number of halogens is 3. The number of piperidine rings is 1. The van der Waals surface area contributed by atoms with E-state index >= 15 is 0 Å². The van der Waals surface area contributed by atoms with E-state index in [1.165, 1.54) is 18.6 Å². The highest BCUT2D eigenvalue weighted by atomic mass is 79.9. The second-order valence-electron chi connectivity index (χ2n) is 10.8. The molecule has 4 aromatic rings. The van der Waals surface area contributed by atoms with Gasteiger partial charge < -0.3 is 19.5 Å². The van der Waals surface area contributed by atoms with E-state index in [0.29, 0.717) is 38.0 Å². The molecule has 2 saturated heterocycles. The van der Waals surface area contributed by atoms with Crippen LogP contribution >= 0.6 is 39.7 Å². The van der Waals surface area contributed by atoms with E-state index in [4.69, 9.17) is 28.2 Å². The third kappa shape index (κ3) is 5.24. The number of thiocarbonyl (C=S) groups is 1. The molecule has 4 atom stereocenters. The first-order chi connectivity index (χ1) is 19.3. The van der Waals surface area contributed by atoms with Crippen molar-refractivity contribution in [3.05, 3.63) is 99.7 Å². The quantitative estimate of drug-likeness (QED) is 0.221. The Kier molecular flexibility index (Phi) is 7.59. The van der Waals surface area contributed by atoms with Crippen molar-refractivity contribution in [2.24, 2.45) is 11.8 Å². The molecule has 1 N–H and O–H groups in total. The molecule has 2 aliphatic rings. The van der Waals surface area contributed by atoms with Crippen molar-refractivity contribution in [2.75, 3.05) is 22.9 Å². The van der Waals surface area contributed by atoms with Gasteiger partial charge in [-0.3, -0.25) is 4.98 Å². The molecule has 40 heavy (non-hydrogen) atoms. The van der Waals surface area contributed by atoms with Crippen LogP contribution in [-0.2, 0) is 0 Å². The number of benzene rings is 2. The number of nitrogens with one attached hydrogen (secondary N) is 1. The Balaban J connectivity index is 1.39. The Morgan fingerprint density at radius 1 is 1.05 bits per heavy atom. The molecule has 2 fully saturated rings. The second-order valence-corrected chi connectivity index (χ2v) is 12.5. The van der Waals surface area contributed by atoms with Crippen molar-refractivity contribution in [3.8, 4) is 11.3 Å². The maximum Gasteiger partial charge on any atom is 0.174 e. The second kappa shape index (κ2) is 11.1. The monoisotopic (exact) mass is 638 g/mol. The van der Waals surface area contributed by atoms with Crippen LogP contribution in [0, 0.1) is 17.7 Å². The van der Waals surface area contributed by atoms with Crippen molar-refractivity contribution >= 4 is 56.2 Å². The SMILES string of the molecule is C[C@@H]1C[C@H](C)CN(c2ccc(N3C(=S)N[C@H](c4ccccn4)[C@H]3c3ccc(-c4ccc(F)cc4Br)o3)cc2Cl)C1. The minimum absolute atomic E-state index is 0.258. The van der Waals surface area contributed by atoms with Gasteiger partial charge in [-0.15, -0.1) is 0 Å². The van der Waals surface area contributed by atoms with Crippen molar-refractivity contribution in [1.29, 1.82) is 0 Å². The van der Waals surface area contributed by atoms with E-state index < -0.39 is 0 Å². The highest BCUT2D eigenvalue weighted by Crippen LogP contribution is 2.45. The molecule has 0 spiro atoms. The van der Waals surface area contributed by atoms with Gasteiger partial charge in [0, 0.05) is 35.0 Å².